The molecule has 0 fully saturated rings. The molecule has 0 spiro atoms. The summed E-state index contributed by atoms with van der Waals surface area (Å²) in [5.74, 6) is -0.619. The molecule has 34 heavy (non-hydrogen) atoms. The van der Waals surface area contributed by atoms with E-state index in [4.69, 9.17) is 4.42 Å². The molecule has 2 aromatic heterocycles. The summed E-state index contributed by atoms with van der Waals surface area (Å²) in [6.45, 7) is 2.05. The molecule has 8 nitrogen and oxygen atoms in total. The largest absolute Gasteiger partial charge is 0.459 e. The second kappa shape index (κ2) is 8.55. The van der Waals surface area contributed by atoms with E-state index in [1.165, 1.54) is 15.8 Å². The van der Waals surface area contributed by atoms with Crippen LogP contribution < -0.4 is 10.9 Å². The van der Waals surface area contributed by atoms with E-state index in [9.17, 15) is 14.4 Å². The molecular formula is C26H24N4O4. The van der Waals surface area contributed by atoms with Gasteiger partial charge >= 0.3 is 0 Å². The van der Waals surface area contributed by atoms with E-state index in [-0.39, 0.29) is 29.5 Å². The summed E-state index contributed by atoms with van der Waals surface area (Å²) in [4.78, 5) is 41.5. The third-order valence-electron chi connectivity index (χ3n) is 6.35. The van der Waals surface area contributed by atoms with E-state index in [1.807, 2.05) is 54.6 Å². The first-order valence-corrected chi connectivity index (χ1v) is 11.0. The predicted molar refractivity (Wildman–Crippen MR) is 127 cm³/mol. The van der Waals surface area contributed by atoms with E-state index < -0.39 is 11.9 Å². The van der Waals surface area contributed by atoms with Crippen molar-refractivity contribution in [3.8, 4) is 5.69 Å². The molecule has 1 N–H and O–H groups in total. The molecule has 0 saturated carbocycles. The highest BCUT2D eigenvalue weighted by atomic mass is 16.3. The normalized spacial score (nSPS) is 15.1. The van der Waals surface area contributed by atoms with Crippen molar-refractivity contribution in [1.29, 1.82) is 0 Å². The van der Waals surface area contributed by atoms with Gasteiger partial charge in [-0.2, -0.15) is 0 Å². The van der Waals surface area contributed by atoms with Gasteiger partial charge in [-0.3, -0.25) is 19.1 Å². The van der Waals surface area contributed by atoms with Crippen LogP contribution in [0.4, 0.5) is 5.69 Å². The fraction of sp³-hybridized carbons (Fsp3) is 0.192. The second-order valence-electron chi connectivity index (χ2n) is 8.32. The molecule has 1 atom stereocenters. The van der Waals surface area contributed by atoms with Gasteiger partial charge < -0.3 is 14.6 Å². The molecule has 0 unspecified atom stereocenters. The molecule has 172 valence electrons. The summed E-state index contributed by atoms with van der Waals surface area (Å²) in [6.07, 6.45) is 1.77. The summed E-state index contributed by atoms with van der Waals surface area (Å²) >= 11 is 0. The molecule has 1 aliphatic rings. The first-order valence-electron chi connectivity index (χ1n) is 11.0. The Morgan fingerprint density at radius 3 is 2.38 bits per heavy atom. The fourth-order valence-corrected chi connectivity index (χ4v) is 4.43. The van der Waals surface area contributed by atoms with Gasteiger partial charge in [0.15, 0.2) is 5.76 Å². The minimum Gasteiger partial charge on any atom is -0.459 e. The number of amides is 2. The number of hydrogen-bond donors (Lipinski definition) is 1. The van der Waals surface area contributed by atoms with Crippen LogP contribution in [0.15, 0.2) is 82.2 Å². The Balaban J connectivity index is 1.50. The van der Waals surface area contributed by atoms with Crippen LogP contribution >= 0.6 is 0 Å². The van der Waals surface area contributed by atoms with Crippen LogP contribution in [-0.2, 0) is 24.8 Å². The Kier molecular flexibility index (Phi) is 5.41. The van der Waals surface area contributed by atoms with Gasteiger partial charge in [0, 0.05) is 20.0 Å². The number of carbonyl (C=O) groups is 2. The van der Waals surface area contributed by atoms with Gasteiger partial charge in [-0.1, -0.05) is 42.5 Å². The average Bonchev–Trinajstić information content (AvgIpc) is 3.47. The van der Waals surface area contributed by atoms with E-state index in [0.717, 1.165) is 11.1 Å². The van der Waals surface area contributed by atoms with Gasteiger partial charge in [0.1, 0.15) is 11.7 Å². The molecular weight excluding hydrogens is 432 g/mol. The van der Waals surface area contributed by atoms with Crippen molar-refractivity contribution < 1.29 is 14.0 Å². The molecule has 8 heteroatoms. The Bertz CT molecular complexity index is 1420. The fourth-order valence-electron chi connectivity index (χ4n) is 4.43. The molecule has 0 radical (unpaired) electrons. The zero-order valence-electron chi connectivity index (χ0n) is 18.9. The first kappa shape index (κ1) is 21.5. The van der Waals surface area contributed by atoms with Crippen molar-refractivity contribution in [2.75, 3.05) is 5.32 Å². The molecule has 1 aliphatic heterocycles. The quantitative estimate of drug-likeness (QED) is 0.510. The number of anilines is 1. The van der Waals surface area contributed by atoms with Crippen LogP contribution in [-0.4, -0.2) is 32.1 Å². The zero-order chi connectivity index (χ0) is 23.8. The minimum atomic E-state index is -0.795. The van der Waals surface area contributed by atoms with Crippen LogP contribution in [0, 0.1) is 6.92 Å². The maximum Gasteiger partial charge on any atom is 0.295 e. The van der Waals surface area contributed by atoms with Crippen molar-refractivity contribution in [3.63, 3.8) is 0 Å². The molecule has 3 heterocycles. The highest BCUT2D eigenvalue weighted by Crippen LogP contribution is 2.26. The van der Waals surface area contributed by atoms with Crippen molar-refractivity contribution >= 4 is 17.5 Å². The average molecular weight is 457 g/mol. The summed E-state index contributed by atoms with van der Waals surface area (Å²) in [5, 5.41) is 2.82. The van der Waals surface area contributed by atoms with Crippen molar-refractivity contribution in [2.24, 2.45) is 7.05 Å². The van der Waals surface area contributed by atoms with Crippen molar-refractivity contribution in [2.45, 2.75) is 25.9 Å². The van der Waals surface area contributed by atoms with Gasteiger partial charge in [-0.25, -0.2) is 4.68 Å². The molecule has 5 rings (SSSR count). The van der Waals surface area contributed by atoms with E-state index in [2.05, 4.69) is 5.32 Å². The van der Waals surface area contributed by atoms with Crippen LogP contribution in [0.3, 0.4) is 0 Å². The highest BCUT2D eigenvalue weighted by molar-refractivity contribution is 6.00. The number of carbonyl (C=O) groups excluding carboxylic acids is 2. The van der Waals surface area contributed by atoms with Gasteiger partial charge in [0.05, 0.1) is 17.6 Å². The summed E-state index contributed by atoms with van der Waals surface area (Å²) < 4.78 is 8.52. The van der Waals surface area contributed by atoms with Crippen LogP contribution in [0.2, 0.25) is 0 Å². The summed E-state index contributed by atoms with van der Waals surface area (Å²) in [6, 6.07) is 19.4. The first-order chi connectivity index (χ1) is 16.5. The third kappa shape index (κ3) is 3.63. The smallest absolute Gasteiger partial charge is 0.295 e. The number of para-hydroxylation sites is 1. The lowest BCUT2D eigenvalue weighted by Crippen LogP contribution is -2.51. The Morgan fingerprint density at radius 2 is 1.68 bits per heavy atom. The van der Waals surface area contributed by atoms with Crippen LogP contribution in [0.1, 0.15) is 27.4 Å². The molecule has 4 aromatic rings. The topological polar surface area (TPSA) is 89.5 Å². The Labute approximate surface area is 196 Å². The number of furan rings is 1. The molecule has 0 saturated heterocycles. The maximum absolute atomic E-state index is 13.5. The number of hydrogen-bond acceptors (Lipinski definition) is 4. The van der Waals surface area contributed by atoms with E-state index in [0.29, 0.717) is 17.8 Å². The van der Waals surface area contributed by atoms with Crippen molar-refractivity contribution in [1.82, 2.24) is 14.3 Å². The van der Waals surface area contributed by atoms with Crippen LogP contribution in [0.5, 0.6) is 0 Å². The van der Waals surface area contributed by atoms with E-state index >= 15 is 0 Å². The maximum atomic E-state index is 13.5. The molecule has 0 aliphatic carbocycles. The van der Waals surface area contributed by atoms with Gasteiger partial charge in [-0.15, -0.1) is 0 Å². The minimum absolute atomic E-state index is 0.166. The number of rotatable bonds is 4. The van der Waals surface area contributed by atoms with Gasteiger partial charge in [0.2, 0.25) is 5.91 Å². The zero-order valence-corrected chi connectivity index (χ0v) is 18.9. The summed E-state index contributed by atoms with van der Waals surface area (Å²) in [5.41, 5.74) is 3.15. The Morgan fingerprint density at radius 1 is 0.971 bits per heavy atom. The molecule has 0 bridgehead atoms. The SMILES string of the molecule is Cc1c(NC(=O)[C@@H]2Cc3ccccc3CN2C(=O)c2ccco2)c(=O)n(-c2ccccc2)n1C. The predicted octanol–water partition coefficient (Wildman–Crippen LogP) is 3.28. The van der Waals surface area contributed by atoms with Crippen LogP contribution in [0.25, 0.3) is 5.69 Å². The Hall–Kier alpha value is -4.33. The standard InChI is InChI=1S/C26H24N4O4/c1-17-23(26(33)30(28(17)2)20-11-4-3-5-12-20)27-24(31)21-15-18-9-6-7-10-19(18)16-29(21)25(32)22-13-8-14-34-22/h3-14,21H,15-16H2,1-2H3,(H,27,31)/t21-/m0/s1. The highest BCUT2D eigenvalue weighted by Gasteiger charge is 2.36. The number of aromatic nitrogens is 2. The lowest BCUT2D eigenvalue weighted by atomic mass is 9.93. The molecule has 2 amide bonds. The number of fused-ring (bicyclic) bond motifs is 1. The van der Waals surface area contributed by atoms with E-state index in [1.54, 1.807) is 30.8 Å². The van der Waals surface area contributed by atoms with Gasteiger partial charge in [-0.05, 0) is 42.3 Å². The second-order valence-corrected chi connectivity index (χ2v) is 8.32. The van der Waals surface area contributed by atoms with Gasteiger partial charge in [0.25, 0.3) is 11.5 Å². The number of benzene rings is 2. The number of nitrogens with zero attached hydrogens (tertiary/aromatic N) is 3. The lowest BCUT2D eigenvalue weighted by Gasteiger charge is -2.35. The monoisotopic (exact) mass is 456 g/mol. The van der Waals surface area contributed by atoms with Crippen molar-refractivity contribution in [3.05, 3.63) is 106 Å². The number of nitrogens with one attached hydrogen (secondary N) is 1. The lowest BCUT2D eigenvalue weighted by molar-refractivity contribution is -0.121. The molecule has 2 aromatic carbocycles. The third-order valence-corrected chi connectivity index (χ3v) is 6.35. The summed E-state index contributed by atoms with van der Waals surface area (Å²) in [7, 11) is 1.77.